The molecule has 8 heteroatoms. The minimum Gasteiger partial charge on any atom is -0.426 e. The summed E-state index contributed by atoms with van der Waals surface area (Å²) in [5.41, 5.74) is 1.41. The molecule has 0 saturated carbocycles. The molecule has 2 unspecified atom stereocenters. The predicted octanol–water partition coefficient (Wildman–Crippen LogP) is 3.92. The van der Waals surface area contributed by atoms with Crippen molar-refractivity contribution in [1.29, 1.82) is 0 Å². The molecule has 2 aliphatic rings. The first-order valence-corrected chi connectivity index (χ1v) is 11.3. The maximum atomic E-state index is 13.3. The highest BCUT2D eigenvalue weighted by Crippen LogP contribution is 2.58. The smallest absolute Gasteiger partial charge is 0.319 e. The third-order valence-electron chi connectivity index (χ3n) is 5.67. The fraction of sp³-hybridized carbons (Fsp3) is 0.227. The van der Waals surface area contributed by atoms with E-state index < -0.39 is 17.3 Å². The predicted molar refractivity (Wildman–Crippen MR) is 116 cm³/mol. The molecule has 1 amide bonds. The Morgan fingerprint density at radius 1 is 1.20 bits per heavy atom. The second-order valence-corrected chi connectivity index (χ2v) is 9.55. The van der Waals surface area contributed by atoms with Gasteiger partial charge in [0.05, 0.1) is 10.4 Å². The molecule has 0 saturated heterocycles. The van der Waals surface area contributed by atoms with Crippen molar-refractivity contribution >= 4 is 40.7 Å². The number of thioether (sulfide) groups is 1. The van der Waals surface area contributed by atoms with Crippen molar-refractivity contribution in [2.75, 3.05) is 11.1 Å². The summed E-state index contributed by atoms with van der Waals surface area (Å²) in [6.07, 6.45) is -0.0301. The maximum absolute atomic E-state index is 13.3. The molecule has 0 radical (unpaired) electrons. The van der Waals surface area contributed by atoms with Crippen LogP contribution in [0.4, 0.5) is 5.69 Å². The van der Waals surface area contributed by atoms with E-state index in [2.05, 4.69) is 10.3 Å². The fourth-order valence-corrected chi connectivity index (χ4v) is 6.75. The Morgan fingerprint density at radius 3 is 2.80 bits per heavy atom. The van der Waals surface area contributed by atoms with Gasteiger partial charge in [0.1, 0.15) is 5.75 Å². The molecular formula is C22H18N2O4S2. The van der Waals surface area contributed by atoms with Gasteiger partial charge in [-0.2, -0.15) is 0 Å². The number of H-pyrrole nitrogens is 1. The second-order valence-electron chi connectivity index (χ2n) is 7.55. The molecule has 152 valence electrons. The zero-order valence-corrected chi connectivity index (χ0v) is 17.7. The molecule has 5 rings (SSSR count). The average molecular weight is 439 g/mol. The average Bonchev–Trinajstić information content (AvgIpc) is 3.10. The SMILES string of the molecule is Cc1ccccc1NC(=O)CC12CSc3[nH]c(=O)sc3C1c1ccccc1OC2=O. The zero-order valence-electron chi connectivity index (χ0n) is 16.1. The monoisotopic (exact) mass is 438 g/mol. The van der Waals surface area contributed by atoms with E-state index in [0.717, 1.165) is 38.1 Å². The van der Waals surface area contributed by atoms with Crippen molar-refractivity contribution < 1.29 is 14.3 Å². The Labute approximate surface area is 180 Å². The molecule has 2 N–H and O–H groups in total. The maximum Gasteiger partial charge on any atom is 0.319 e. The van der Waals surface area contributed by atoms with Gasteiger partial charge in [0.2, 0.25) is 5.91 Å². The molecular weight excluding hydrogens is 420 g/mol. The van der Waals surface area contributed by atoms with Gasteiger partial charge < -0.3 is 15.0 Å². The first kappa shape index (κ1) is 19.1. The molecule has 0 bridgehead atoms. The number of para-hydroxylation sites is 2. The van der Waals surface area contributed by atoms with Crippen molar-refractivity contribution in [2.45, 2.75) is 24.3 Å². The Balaban J connectivity index is 1.58. The van der Waals surface area contributed by atoms with Gasteiger partial charge in [-0.15, -0.1) is 11.8 Å². The molecule has 0 spiro atoms. The first-order chi connectivity index (χ1) is 14.5. The number of aromatic nitrogens is 1. The standard InChI is InChI=1S/C22H18N2O4S2/c1-12-6-2-4-8-14(12)23-16(25)10-22-11-29-19-18(30-21(27)24-19)17(22)13-7-3-5-9-15(13)28-20(22)26/h2-9,17H,10-11H2,1H3,(H,23,25)(H,24,27). The first-order valence-electron chi connectivity index (χ1n) is 9.50. The van der Waals surface area contributed by atoms with Crippen LogP contribution in [0.2, 0.25) is 0 Å². The molecule has 2 atom stereocenters. The van der Waals surface area contributed by atoms with E-state index >= 15 is 0 Å². The number of hydrogen-bond donors (Lipinski definition) is 2. The Kier molecular flexibility index (Phi) is 4.56. The van der Waals surface area contributed by atoms with Crippen LogP contribution in [0.1, 0.15) is 28.3 Å². The van der Waals surface area contributed by atoms with Gasteiger partial charge in [-0.3, -0.25) is 14.4 Å². The highest BCUT2D eigenvalue weighted by molar-refractivity contribution is 7.99. The number of nitrogens with one attached hydrogen (secondary N) is 2. The number of anilines is 1. The van der Waals surface area contributed by atoms with Gasteiger partial charge in [0.15, 0.2) is 0 Å². The number of aryl methyl sites for hydroxylation is 1. The minimum atomic E-state index is -1.08. The lowest BCUT2D eigenvalue weighted by Crippen LogP contribution is -2.49. The van der Waals surface area contributed by atoms with Crippen LogP contribution in [0.15, 0.2) is 58.4 Å². The van der Waals surface area contributed by atoms with Gasteiger partial charge in [-0.05, 0) is 24.6 Å². The molecule has 0 fully saturated rings. The summed E-state index contributed by atoms with van der Waals surface area (Å²) in [6, 6.07) is 14.9. The number of hydrogen-bond acceptors (Lipinski definition) is 6. The van der Waals surface area contributed by atoms with Gasteiger partial charge in [-0.25, -0.2) is 0 Å². The molecule has 3 aromatic rings. The lowest BCUT2D eigenvalue weighted by Gasteiger charge is -2.44. The number of benzene rings is 2. The summed E-state index contributed by atoms with van der Waals surface area (Å²) in [5, 5.41) is 3.71. The van der Waals surface area contributed by atoms with Crippen LogP contribution < -0.4 is 14.9 Å². The summed E-state index contributed by atoms with van der Waals surface area (Å²) in [7, 11) is 0. The summed E-state index contributed by atoms with van der Waals surface area (Å²) >= 11 is 2.50. The van der Waals surface area contributed by atoms with Crippen molar-refractivity contribution in [3.63, 3.8) is 0 Å². The van der Waals surface area contributed by atoms with Gasteiger partial charge in [0.25, 0.3) is 0 Å². The molecule has 2 aromatic carbocycles. The molecule has 3 heterocycles. The summed E-state index contributed by atoms with van der Waals surface area (Å²) in [4.78, 5) is 41.9. The van der Waals surface area contributed by atoms with E-state index in [1.54, 1.807) is 6.07 Å². The van der Waals surface area contributed by atoms with E-state index in [1.807, 2.05) is 49.4 Å². The molecule has 6 nitrogen and oxygen atoms in total. The number of aromatic amines is 1. The number of carbonyl (C=O) groups excluding carboxylic acids is 2. The van der Waals surface area contributed by atoms with Crippen LogP contribution in [0.3, 0.4) is 0 Å². The topological polar surface area (TPSA) is 88.3 Å². The van der Waals surface area contributed by atoms with E-state index in [9.17, 15) is 14.4 Å². The number of thiazole rings is 1. The van der Waals surface area contributed by atoms with Crippen molar-refractivity contribution in [1.82, 2.24) is 4.98 Å². The molecule has 30 heavy (non-hydrogen) atoms. The quantitative estimate of drug-likeness (QED) is 0.478. The van der Waals surface area contributed by atoms with Crippen LogP contribution >= 0.6 is 23.1 Å². The zero-order chi connectivity index (χ0) is 20.9. The fourth-order valence-electron chi connectivity index (χ4n) is 4.21. The summed E-state index contributed by atoms with van der Waals surface area (Å²) < 4.78 is 5.69. The lowest BCUT2D eigenvalue weighted by molar-refractivity contribution is -0.149. The van der Waals surface area contributed by atoms with Crippen LogP contribution in [-0.4, -0.2) is 22.6 Å². The number of esters is 1. The van der Waals surface area contributed by atoms with Crippen molar-refractivity contribution in [3.8, 4) is 5.75 Å². The van der Waals surface area contributed by atoms with Gasteiger partial charge >= 0.3 is 10.8 Å². The summed E-state index contributed by atoms with van der Waals surface area (Å²) in [6.45, 7) is 1.92. The molecule has 2 aliphatic heterocycles. The number of ether oxygens (including phenoxy) is 1. The Morgan fingerprint density at radius 2 is 1.97 bits per heavy atom. The summed E-state index contributed by atoms with van der Waals surface area (Å²) in [5.74, 6) is -0.243. The molecule has 0 aliphatic carbocycles. The number of carbonyl (C=O) groups is 2. The molecule has 1 aromatic heterocycles. The van der Waals surface area contributed by atoms with Crippen LogP contribution in [0.5, 0.6) is 5.75 Å². The van der Waals surface area contributed by atoms with Crippen LogP contribution in [0, 0.1) is 12.3 Å². The third kappa shape index (κ3) is 2.98. The third-order valence-corrected chi connectivity index (χ3v) is 8.01. The van der Waals surface area contributed by atoms with E-state index in [1.165, 1.54) is 11.8 Å². The minimum absolute atomic E-state index is 0.0301. The normalized spacial score (nSPS) is 21.8. The highest BCUT2D eigenvalue weighted by atomic mass is 32.2. The highest BCUT2D eigenvalue weighted by Gasteiger charge is 2.57. The lowest BCUT2D eigenvalue weighted by atomic mass is 9.68. The van der Waals surface area contributed by atoms with E-state index in [4.69, 9.17) is 4.74 Å². The largest absolute Gasteiger partial charge is 0.426 e. The van der Waals surface area contributed by atoms with Crippen LogP contribution in [-0.2, 0) is 9.59 Å². The van der Waals surface area contributed by atoms with Crippen LogP contribution in [0.25, 0.3) is 0 Å². The Bertz CT molecular complexity index is 1230. The van der Waals surface area contributed by atoms with Gasteiger partial charge in [0, 0.05) is 34.2 Å². The van der Waals surface area contributed by atoms with Gasteiger partial charge in [-0.1, -0.05) is 47.7 Å². The van der Waals surface area contributed by atoms with E-state index in [0.29, 0.717) is 11.5 Å². The van der Waals surface area contributed by atoms with Crippen molar-refractivity contribution in [3.05, 3.63) is 74.2 Å². The number of amides is 1. The van der Waals surface area contributed by atoms with Crippen molar-refractivity contribution in [2.24, 2.45) is 5.41 Å². The number of rotatable bonds is 3. The van der Waals surface area contributed by atoms with E-state index in [-0.39, 0.29) is 17.2 Å². The number of fused-ring (bicyclic) bond motifs is 5. The second kappa shape index (κ2) is 7.14. The Hall–Kier alpha value is -2.84.